The molecule has 4 aliphatic rings. The van der Waals surface area contributed by atoms with Gasteiger partial charge in [-0.25, -0.2) is 0 Å². The monoisotopic (exact) mass is 363 g/mol. The standard InChI is InChI=1S/C17H18BrNO3/c1-19-7-6-16-13-9-2-3-10(20)14(13)22-15(16)11(21)4-5-17(16,18)12(19)8-9/h2-3,12,15,20H,4-8H2,1H3/t12?,15-,16-,17+/m0/s1. The number of phenolic OH excluding ortho intramolecular Hbond substituents is 1. The van der Waals surface area contributed by atoms with Crippen molar-refractivity contribution in [3.05, 3.63) is 23.3 Å². The number of piperidine rings is 1. The number of likely N-dealkylation sites (N-methyl/N-ethyl adjacent to an activating group) is 1. The van der Waals surface area contributed by atoms with Crippen molar-refractivity contribution in [2.45, 2.75) is 47.6 Å². The first-order valence-corrected chi connectivity index (χ1v) is 8.72. The molecule has 2 fully saturated rings. The number of phenols is 1. The van der Waals surface area contributed by atoms with Crippen LogP contribution < -0.4 is 4.74 Å². The number of carbonyl (C=O) groups is 1. The first-order valence-electron chi connectivity index (χ1n) is 7.93. The summed E-state index contributed by atoms with van der Waals surface area (Å²) in [4.78, 5) is 15.0. The third kappa shape index (κ3) is 1.21. The first kappa shape index (κ1) is 13.4. The fraction of sp³-hybridized carbons (Fsp3) is 0.588. The zero-order valence-electron chi connectivity index (χ0n) is 12.4. The van der Waals surface area contributed by atoms with Gasteiger partial charge in [0.25, 0.3) is 0 Å². The van der Waals surface area contributed by atoms with Gasteiger partial charge >= 0.3 is 0 Å². The number of hydrogen-bond acceptors (Lipinski definition) is 4. The van der Waals surface area contributed by atoms with E-state index in [1.165, 1.54) is 5.56 Å². The molecule has 4 nitrogen and oxygen atoms in total. The summed E-state index contributed by atoms with van der Waals surface area (Å²) in [6.07, 6.45) is 2.78. The van der Waals surface area contributed by atoms with Crippen molar-refractivity contribution in [1.29, 1.82) is 0 Å². The molecule has 2 bridgehead atoms. The van der Waals surface area contributed by atoms with Crippen molar-refractivity contribution in [3.63, 3.8) is 0 Å². The van der Waals surface area contributed by atoms with Crippen LogP contribution in [-0.4, -0.2) is 45.9 Å². The van der Waals surface area contributed by atoms with Gasteiger partial charge in [-0.3, -0.25) is 4.79 Å². The van der Waals surface area contributed by atoms with Gasteiger partial charge in [0, 0.05) is 18.0 Å². The maximum absolute atomic E-state index is 12.6. The average molecular weight is 364 g/mol. The topological polar surface area (TPSA) is 49.8 Å². The molecule has 1 spiro atoms. The highest BCUT2D eigenvalue weighted by molar-refractivity contribution is 9.10. The van der Waals surface area contributed by atoms with E-state index in [0.717, 1.165) is 31.4 Å². The van der Waals surface area contributed by atoms with E-state index in [1.807, 2.05) is 6.07 Å². The first-order chi connectivity index (χ1) is 10.5. The fourth-order valence-electron chi connectivity index (χ4n) is 5.48. The largest absolute Gasteiger partial charge is 0.504 e. The second-order valence-corrected chi connectivity index (χ2v) is 8.61. The number of carbonyl (C=O) groups excluding carboxylic acids is 1. The van der Waals surface area contributed by atoms with Crippen LogP contribution in [0.15, 0.2) is 12.1 Å². The Bertz CT molecular complexity index is 720. The van der Waals surface area contributed by atoms with Crippen LogP contribution in [0.1, 0.15) is 30.4 Å². The van der Waals surface area contributed by atoms with Gasteiger partial charge in [0.2, 0.25) is 0 Å². The third-order valence-electron chi connectivity index (χ3n) is 6.45. The summed E-state index contributed by atoms with van der Waals surface area (Å²) in [5, 5.41) is 10.3. The van der Waals surface area contributed by atoms with E-state index in [2.05, 4.69) is 27.9 Å². The van der Waals surface area contributed by atoms with Crippen molar-refractivity contribution >= 4 is 21.7 Å². The van der Waals surface area contributed by atoms with Crippen molar-refractivity contribution in [2.24, 2.45) is 0 Å². The van der Waals surface area contributed by atoms with Gasteiger partial charge in [-0.05, 0) is 44.5 Å². The molecule has 0 radical (unpaired) electrons. The van der Waals surface area contributed by atoms with E-state index in [-0.39, 0.29) is 21.3 Å². The third-order valence-corrected chi connectivity index (χ3v) is 8.09. The Labute approximate surface area is 137 Å². The van der Waals surface area contributed by atoms with Gasteiger partial charge in [0.15, 0.2) is 23.4 Å². The highest BCUT2D eigenvalue weighted by Gasteiger charge is 2.72. The normalized spacial score (nSPS) is 42.0. The number of benzene rings is 1. The molecule has 2 heterocycles. The SMILES string of the molecule is CN1CC[C@]23c4c5ccc(O)c4O[C@H]2C(=O)CC[C@@]3(Br)C1C5. The lowest BCUT2D eigenvalue weighted by molar-refractivity contribution is -0.135. The second-order valence-electron chi connectivity index (χ2n) is 7.20. The predicted molar refractivity (Wildman–Crippen MR) is 84.8 cm³/mol. The van der Waals surface area contributed by atoms with Gasteiger partial charge in [0.05, 0.1) is 9.74 Å². The lowest BCUT2D eigenvalue weighted by Gasteiger charge is -2.62. The molecule has 22 heavy (non-hydrogen) atoms. The molecule has 0 amide bonds. The summed E-state index contributed by atoms with van der Waals surface area (Å²) in [6.45, 7) is 0.958. The Morgan fingerprint density at radius 3 is 3.05 bits per heavy atom. The molecule has 1 aromatic carbocycles. The number of Topliss-reactive ketones (excluding diaryl/α,β-unsaturated/α-hetero) is 1. The van der Waals surface area contributed by atoms with Crippen molar-refractivity contribution in [2.75, 3.05) is 13.6 Å². The molecule has 4 atom stereocenters. The van der Waals surface area contributed by atoms with E-state index in [1.54, 1.807) is 6.07 Å². The summed E-state index contributed by atoms with van der Waals surface area (Å²) in [7, 11) is 2.17. The molecule has 1 N–H and O–H groups in total. The van der Waals surface area contributed by atoms with E-state index in [4.69, 9.17) is 4.74 Å². The molecular weight excluding hydrogens is 346 g/mol. The number of hydrogen-bond donors (Lipinski definition) is 1. The van der Waals surface area contributed by atoms with Crippen LogP contribution in [0.25, 0.3) is 0 Å². The summed E-state index contributed by atoms with van der Waals surface area (Å²) >= 11 is 4.09. The molecule has 1 saturated heterocycles. The molecule has 5 rings (SSSR count). The Kier molecular flexibility index (Phi) is 2.36. The number of nitrogens with zero attached hydrogens (tertiary/aromatic N) is 1. The fourth-order valence-corrected chi connectivity index (χ4v) is 6.79. The lowest BCUT2D eigenvalue weighted by atomic mass is 9.51. The van der Waals surface area contributed by atoms with E-state index < -0.39 is 6.10 Å². The van der Waals surface area contributed by atoms with Crippen molar-refractivity contribution < 1.29 is 14.6 Å². The van der Waals surface area contributed by atoms with Crippen molar-refractivity contribution in [1.82, 2.24) is 4.90 Å². The van der Waals surface area contributed by atoms with Gasteiger partial charge in [-0.15, -0.1) is 0 Å². The van der Waals surface area contributed by atoms with Gasteiger partial charge in [-0.1, -0.05) is 22.0 Å². The minimum Gasteiger partial charge on any atom is -0.504 e. The smallest absolute Gasteiger partial charge is 0.174 e. The van der Waals surface area contributed by atoms with E-state index >= 15 is 0 Å². The molecule has 116 valence electrons. The highest BCUT2D eigenvalue weighted by Crippen LogP contribution is 2.67. The molecule has 1 saturated carbocycles. The summed E-state index contributed by atoms with van der Waals surface area (Å²) in [6, 6.07) is 4.09. The maximum atomic E-state index is 12.6. The quantitative estimate of drug-likeness (QED) is 0.717. The Morgan fingerprint density at radius 1 is 1.41 bits per heavy atom. The lowest BCUT2D eigenvalue weighted by Crippen LogP contribution is -2.73. The van der Waals surface area contributed by atoms with Gasteiger partial charge in [0.1, 0.15) is 0 Å². The minimum absolute atomic E-state index is 0.141. The Hall–Kier alpha value is -1.07. The zero-order valence-corrected chi connectivity index (χ0v) is 14.0. The second kappa shape index (κ2) is 3.88. The average Bonchev–Trinajstić information content (AvgIpc) is 2.85. The molecule has 1 aromatic rings. The number of aromatic hydroxyl groups is 1. The molecule has 0 aromatic heterocycles. The van der Waals surface area contributed by atoms with Crippen LogP contribution >= 0.6 is 15.9 Å². The molecule has 2 aliphatic carbocycles. The molecule has 1 unspecified atom stereocenters. The van der Waals surface area contributed by atoms with Gasteiger partial charge < -0.3 is 14.7 Å². The Morgan fingerprint density at radius 2 is 2.23 bits per heavy atom. The summed E-state index contributed by atoms with van der Waals surface area (Å²) in [5.74, 6) is 0.911. The van der Waals surface area contributed by atoms with Gasteiger partial charge in [-0.2, -0.15) is 0 Å². The van der Waals surface area contributed by atoms with Crippen LogP contribution in [0.2, 0.25) is 0 Å². The number of ketones is 1. The van der Waals surface area contributed by atoms with Crippen molar-refractivity contribution in [3.8, 4) is 11.5 Å². The number of ether oxygens (including phenoxy) is 1. The zero-order chi connectivity index (χ0) is 15.3. The van der Waals surface area contributed by atoms with E-state index in [0.29, 0.717) is 18.2 Å². The van der Waals surface area contributed by atoms with Crippen LogP contribution in [0, 0.1) is 0 Å². The number of likely N-dealkylation sites (tertiary alicyclic amines) is 1. The Balaban J connectivity index is 1.88. The van der Waals surface area contributed by atoms with Crippen LogP contribution in [0.5, 0.6) is 11.5 Å². The minimum atomic E-state index is -0.445. The highest BCUT2D eigenvalue weighted by atomic mass is 79.9. The van der Waals surface area contributed by atoms with Crippen LogP contribution in [0.3, 0.4) is 0 Å². The summed E-state index contributed by atoms with van der Waals surface area (Å²) in [5.41, 5.74) is 2.02. The summed E-state index contributed by atoms with van der Waals surface area (Å²) < 4.78 is 5.93. The molecule has 5 heteroatoms. The number of rotatable bonds is 0. The number of halogens is 1. The molecular formula is C17H18BrNO3. The number of alkyl halides is 1. The van der Waals surface area contributed by atoms with Crippen LogP contribution in [0.4, 0.5) is 0 Å². The van der Waals surface area contributed by atoms with Crippen LogP contribution in [-0.2, 0) is 16.6 Å². The van der Waals surface area contributed by atoms with E-state index in [9.17, 15) is 9.90 Å². The predicted octanol–water partition coefficient (Wildman–Crippen LogP) is 2.15. The maximum Gasteiger partial charge on any atom is 0.174 e. The molecule has 2 aliphatic heterocycles.